The van der Waals surface area contributed by atoms with Gasteiger partial charge in [-0.25, -0.2) is 0 Å². The SMILES string of the molecule is C[C@@H](NC(=O)CCl)C1CCOCC1. The second kappa shape index (κ2) is 5.45. The smallest absolute Gasteiger partial charge is 0.235 e. The number of amides is 1. The molecule has 0 bridgehead atoms. The highest BCUT2D eigenvalue weighted by atomic mass is 35.5. The highest BCUT2D eigenvalue weighted by Crippen LogP contribution is 2.18. The summed E-state index contributed by atoms with van der Waals surface area (Å²) in [6, 6.07) is 0.218. The fourth-order valence-corrected chi connectivity index (χ4v) is 1.70. The fraction of sp³-hybridized carbons (Fsp3) is 0.889. The molecule has 1 rings (SSSR count). The molecule has 4 heteroatoms. The van der Waals surface area contributed by atoms with E-state index in [4.69, 9.17) is 16.3 Å². The Morgan fingerprint density at radius 3 is 2.77 bits per heavy atom. The molecule has 1 atom stereocenters. The Labute approximate surface area is 83.8 Å². The van der Waals surface area contributed by atoms with Gasteiger partial charge in [-0.3, -0.25) is 4.79 Å². The molecule has 76 valence electrons. The van der Waals surface area contributed by atoms with Gasteiger partial charge < -0.3 is 10.1 Å². The van der Waals surface area contributed by atoms with Gasteiger partial charge in [-0.2, -0.15) is 0 Å². The summed E-state index contributed by atoms with van der Waals surface area (Å²) < 4.78 is 5.24. The van der Waals surface area contributed by atoms with Crippen molar-refractivity contribution in [2.45, 2.75) is 25.8 Å². The maximum Gasteiger partial charge on any atom is 0.235 e. The Morgan fingerprint density at radius 1 is 1.62 bits per heavy atom. The summed E-state index contributed by atoms with van der Waals surface area (Å²) in [7, 11) is 0. The van der Waals surface area contributed by atoms with E-state index in [1.807, 2.05) is 6.92 Å². The van der Waals surface area contributed by atoms with Gasteiger partial charge in [0.25, 0.3) is 0 Å². The standard InChI is InChI=1S/C9H16ClNO2/c1-7(11-9(12)6-10)8-2-4-13-5-3-8/h7-8H,2-6H2,1H3,(H,11,12)/t7-/m1/s1. The Balaban J connectivity index is 2.28. The van der Waals surface area contributed by atoms with E-state index in [-0.39, 0.29) is 17.8 Å². The number of hydrogen-bond acceptors (Lipinski definition) is 2. The molecule has 0 aromatic rings. The normalized spacial score (nSPS) is 21.1. The highest BCUT2D eigenvalue weighted by Gasteiger charge is 2.21. The Hall–Kier alpha value is -0.280. The fourth-order valence-electron chi connectivity index (χ4n) is 1.63. The number of carbonyl (C=O) groups is 1. The van der Waals surface area contributed by atoms with E-state index >= 15 is 0 Å². The summed E-state index contributed by atoms with van der Waals surface area (Å²) in [4.78, 5) is 11.0. The van der Waals surface area contributed by atoms with Crippen LogP contribution in [-0.2, 0) is 9.53 Å². The molecule has 0 spiro atoms. The van der Waals surface area contributed by atoms with Gasteiger partial charge in [-0.05, 0) is 25.7 Å². The van der Waals surface area contributed by atoms with Crippen molar-refractivity contribution < 1.29 is 9.53 Å². The molecule has 1 fully saturated rings. The Kier molecular flexibility index (Phi) is 4.53. The van der Waals surface area contributed by atoms with Gasteiger partial charge >= 0.3 is 0 Å². The van der Waals surface area contributed by atoms with Crippen LogP contribution < -0.4 is 5.32 Å². The van der Waals surface area contributed by atoms with Crippen molar-refractivity contribution >= 4 is 17.5 Å². The molecular weight excluding hydrogens is 190 g/mol. The van der Waals surface area contributed by atoms with E-state index < -0.39 is 0 Å². The number of halogens is 1. The summed E-state index contributed by atoms with van der Waals surface area (Å²) in [5.41, 5.74) is 0. The van der Waals surface area contributed by atoms with E-state index in [1.165, 1.54) is 0 Å². The lowest BCUT2D eigenvalue weighted by atomic mass is 9.93. The van der Waals surface area contributed by atoms with E-state index in [2.05, 4.69) is 5.32 Å². The summed E-state index contributed by atoms with van der Waals surface area (Å²) >= 11 is 5.40. The maximum atomic E-state index is 11.0. The number of alkyl halides is 1. The van der Waals surface area contributed by atoms with E-state index in [0.717, 1.165) is 26.1 Å². The third-order valence-electron chi connectivity index (χ3n) is 2.48. The van der Waals surface area contributed by atoms with Crippen molar-refractivity contribution in [2.24, 2.45) is 5.92 Å². The summed E-state index contributed by atoms with van der Waals surface area (Å²) in [6.07, 6.45) is 2.06. The Bertz CT molecular complexity index is 169. The van der Waals surface area contributed by atoms with Gasteiger partial charge in [0.1, 0.15) is 5.88 Å². The minimum atomic E-state index is -0.0827. The van der Waals surface area contributed by atoms with Crippen LogP contribution in [0.4, 0.5) is 0 Å². The zero-order valence-electron chi connectivity index (χ0n) is 7.88. The molecule has 0 aromatic carbocycles. The largest absolute Gasteiger partial charge is 0.381 e. The molecule has 13 heavy (non-hydrogen) atoms. The lowest BCUT2D eigenvalue weighted by molar-refractivity contribution is -0.119. The quantitative estimate of drug-likeness (QED) is 0.703. The predicted molar refractivity (Wildman–Crippen MR) is 51.9 cm³/mol. The van der Waals surface area contributed by atoms with Crippen LogP contribution in [0.25, 0.3) is 0 Å². The van der Waals surface area contributed by atoms with Crippen molar-refractivity contribution in [2.75, 3.05) is 19.1 Å². The van der Waals surface area contributed by atoms with Crippen LogP contribution in [0, 0.1) is 5.92 Å². The Morgan fingerprint density at radius 2 is 2.23 bits per heavy atom. The van der Waals surface area contributed by atoms with Crippen molar-refractivity contribution in [1.82, 2.24) is 5.32 Å². The molecule has 1 aliphatic heterocycles. The number of nitrogens with one attached hydrogen (secondary N) is 1. The van der Waals surface area contributed by atoms with E-state index in [9.17, 15) is 4.79 Å². The van der Waals surface area contributed by atoms with Crippen molar-refractivity contribution in [3.63, 3.8) is 0 Å². The summed E-state index contributed by atoms with van der Waals surface area (Å²) in [6.45, 7) is 3.65. The van der Waals surface area contributed by atoms with Gasteiger partial charge in [-0.15, -0.1) is 11.6 Å². The van der Waals surface area contributed by atoms with Crippen molar-refractivity contribution in [1.29, 1.82) is 0 Å². The van der Waals surface area contributed by atoms with Gasteiger partial charge in [0.05, 0.1) is 0 Å². The summed E-state index contributed by atoms with van der Waals surface area (Å²) in [5.74, 6) is 0.509. The van der Waals surface area contributed by atoms with E-state index in [1.54, 1.807) is 0 Å². The highest BCUT2D eigenvalue weighted by molar-refractivity contribution is 6.27. The van der Waals surface area contributed by atoms with Gasteiger partial charge in [-0.1, -0.05) is 0 Å². The first kappa shape index (κ1) is 10.8. The molecule has 1 saturated heterocycles. The molecule has 0 saturated carbocycles. The van der Waals surface area contributed by atoms with Crippen LogP contribution in [0.5, 0.6) is 0 Å². The lowest BCUT2D eigenvalue weighted by Crippen LogP contribution is -2.40. The van der Waals surface area contributed by atoms with Crippen LogP contribution in [0.3, 0.4) is 0 Å². The molecule has 0 unspecified atom stereocenters. The zero-order chi connectivity index (χ0) is 9.68. The number of carbonyl (C=O) groups excluding carboxylic acids is 1. The number of ether oxygens (including phenoxy) is 1. The van der Waals surface area contributed by atoms with Gasteiger partial charge in [0.2, 0.25) is 5.91 Å². The number of hydrogen-bond donors (Lipinski definition) is 1. The van der Waals surface area contributed by atoms with Crippen LogP contribution in [0.1, 0.15) is 19.8 Å². The van der Waals surface area contributed by atoms with Gasteiger partial charge in [0.15, 0.2) is 0 Å². The first-order valence-electron chi connectivity index (χ1n) is 4.67. The summed E-state index contributed by atoms with van der Waals surface area (Å²) in [5, 5.41) is 2.87. The zero-order valence-corrected chi connectivity index (χ0v) is 8.64. The third-order valence-corrected chi connectivity index (χ3v) is 2.73. The van der Waals surface area contributed by atoms with E-state index in [0.29, 0.717) is 5.92 Å². The van der Waals surface area contributed by atoms with Crippen molar-refractivity contribution in [3.05, 3.63) is 0 Å². The molecule has 1 N–H and O–H groups in total. The predicted octanol–water partition coefficient (Wildman–Crippen LogP) is 1.16. The molecule has 1 amide bonds. The molecule has 0 aromatic heterocycles. The van der Waals surface area contributed by atoms with Crippen LogP contribution in [0.15, 0.2) is 0 Å². The minimum absolute atomic E-state index is 0.0492. The number of rotatable bonds is 3. The molecule has 3 nitrogen and oxygen atoms in total. The lowest BCUT2D eigenvalue weighted by Gasteiger charge is -2.28. The topological polar surface area (TPSA) is 38.3 Å². The first-order valence-corrected chi connectivity index (χ1v) is 5.20. The second-order valence-electron chi connectivity index (χ2n) is 3.44. The van der Waals surface area contributed by atoms with Crippen molar-refractivity contribution in [3.8, 4) is 0 Å². The first-order chi connectivity index (χ1) is 6.24. The molecule has 0 aliphatic carbocycles. The monoisotopic (exact) mass is 205 g/mol. The average molecular weight is 206 g/mol. The molecule has 0 radical (unpaired) electrons. The van der Waals surface area contributed by atoms with Crippen LogP contribution >= 0.6 is 11.6 Å². The maximum absolute atomic E-state index is 11.0. The third kappa shape index (κ3) is 3.53. The molecular formula is C9H16ClNO2. The second-order valence-corrected chi connectivity index (χ2v) is 3.71. The van der Waals surface area contributed by atoms with Crippen LogP contribution in [-0.4, -0.2) is 31.0 Å². The minimum Gasteiger partial charge on any atom is -0.381 e. The average Bonchev–Trinajstić information content (AvgIpc) is 2.19. The molecule has 1 heterocycles. The van der Waals surface area contributed by atoms with Crippen LogP contribution in [0.2, 0.25) is 0 Å². The molecule has 1 aliphatic rings. The van der Waals surface area contributed by atoms with Gasteiger partial charge in [0, 0.05) is 19.3 Å².